The molecule has 0 amide bonds. The summed E-state index contributed by atoms with van der Waals surface area (Å²) < 4.78 is 5.08. The normalized spacial score (nSPS) is 12.4. The van der Waals surface area contributed by atoms with E-state index in [1.54, 1.807) is 18.4 Å². The topological polar surface area (TPSA) is 34.1 Å². The molecule has 1 atom stereocenters. The molecule has 1 N–H and O–H groups in total. The van der Waals surface area contributed by atoms with Gasteiger partial charge in [0, 0.05) is 24.1 Å². The van der Waals surface area contributed by atoms with E-state index in [2.05, 4.69) is 34.7 Å². The molecule has 3 nitrogen and oxygen atoms in total. The van der Waals surface area contributed by atoms with E-state index in [1.165, 1.54) is 0 Å². The molecule has 4 heteroatoms. The minimum atomic E-state index is 0.273. The SMILES string of the molecule is COC[C@@H](C)Nc1nc(-c2ccccc2)cs1. The molecule has 0 radical (unpaired) electrons. The maximum Gasteiger partial charge on any atom is 0.183 e. The average Bonchev–Trinajstić information content (AvgIpc) is 2.79. The summed E-state index contributed by atoms with van der Waals surface area (Å²) in [6.45, 7) is 2.76. The van der Waals surface area contributed by atoms with Gasteiger partial charge in [-0.15, -0.1) is 11.3 Å². The van der Waals surface area contributed by atoms with Crippen LogP contribution >= 0.6 is 11.3 Å². The standard InChI is InChI=1S/C13H16N2OS/c1-10(8-16-2)14-13-15-12(9-17-13)11-6-4-3-5-7-11/h3-7,9-10H,8H2,1-2H3,(H,14,15)/t10-/m1/s1. The van der Waals surface area contributed by atoms with Crippen molar-refractivity contribution in [2.75, 3.05) is 19.0 Å². The lowest BCUT2D eigenvalue weighted by atomic mass is 10.2. The molecule has 1 aromatic heterocycles. The van der Waals surface area contributed by atoms with E-state index in [9.17, 15) is 0 Å². The molecular formula is C13H16N2OS. The molecule has 0 spiro atoms. The fourth-order valence-corrected chi connectivity index (χ4v) is 2.42. The molecule has 17 heavy (non-hydrogen) atoms. The molecule has 2 rings (SSSR count). The Balaban J connectivity index is 2.06. The Kier molecular flexibility index (Phi) is 4.12. The second-order valence-electron chi connectivity index (χ2n) is 3.90. The van der Waals surface area contributed by atoms with Crippen LogP contribution in [0.5, 0.6) is 0 Å². The zero-order valence-electron chi connectivity index (χ0n) is 10.0. The van der Waals surface area contributed by atoms with Crippen LogP contribution in [-0.4, -0.2) is 24.7 Å². The van der Waals surface area contributed by atoms with Crippen molar-refractivity contribution in [2.24, 2.45) is 0 Å². The number of nitrogens with zero attached hydrogens (tertiary/aromatic N) is 1. The third-order valence-electron chi connectivity index (χ3n) is 2.36. The Morgan fingerprint density at radius 1 is 1.35 bits per heavy atom. The van der Waals surface area contributed by atoms with Gasteiger partial charge in [0.05, 0.1) is 12.3 Å². The van der Waals surface area contributed by atoms with Gasteiger partial charge in [-0.05, 0) is 6.92 Å². The zero-order chi connectivity index (χ0) is 12.1. The van der Waals surface area contributed by atoms with Crippen LogP contribution in [0.15, 0.2) is 35.7 Å². The van der Waals surface area contributed by atoms with Crippen molar-refractivity contribution < 1.29 is 4.74 Å². The van der Waals surface area contributed by atoms with Crippen LogP contribution in [0.4, 0.5) is 5.13 Å². The van der Waals surface area contributed by atoms with E-state index < -0.39 is 0 Å². The van der Waals surface area contributed by atoms with Crippen LogP contribution in [0, 0.1) is 0 Å². The van der Waals surface area contributed by atoms with Gasteiger partial charge in [-0.2, -0.15) is 0 Å². The number of nitrogens with one attached hydrogen (secondary N) is 1. The van der Waals surface area contributed by atoms with Gasteiger partial charge >= 0.3 is 0 Å². The van der Waals surface area contributed by atoms with Gasteiger partial charge in [-0.25, -0.2) is 4.98 Å². The summed E-state index contributed by atoms with van der Waals surface area (Å²) in [5, 5.41) is 6.32. The number of anilines is 1. The third-order valence-corrected chi connectivity index (χ3v) is 3.13. The molecule has 0 saturated carbocycles. The average molecular weight is 248 g/mol. The number of benzene rings is 1. The Hall–Kier alpha value is -1.39. The molecule has 0 fully saturated rings. The van der Waals surface area contributed by atoms with Crippen LogP contribution in [0.3, 0.4) is 0 Å². The molecule has 90 valence electrons. The van der Waals surface area contributed by atoms with Gasteiger partial charge in [0.1, 0.15) is 0 Å². The first-order valence-electron chi connectivity index (χ1n) is 5.56. The van der Waals surface area contributed by atoms with E-state index in [0.29, 0.717) is 6.61 Å². The summed E-state index contributed by atoms with van der Waals surface area (Å²) >= 11 is 1.62. The maximum atomic E-state index is 5.08. The number of thiazole rings is 1. The monoisotopic (exact) mass is 248 g/mol. The lowest BCUT2D eigenvalue weighted by molar-refractivity contribution is 0.190. The number of aromatic nitrogens is 1. The largest absolute Gasteiger partial charge is 0.383 e. The third kappa shape index (κ3) is 3.28. The quantitative estimate of drug-likeness (QED) is 0.882. The van der Waals surface area contributed by atoms with Gasteiger partial charge in [0.15, 0.2) is 5.13 Å². The molecule has 1 aromatic carbocycles. The van der Waals surface area contributed by atoms with Gasteiger partial charge in [-0.1, -0.05) is 30.3 Å². The van der Waals surface area contributed by atoms with E-state index in [0.717, 1.165) is 16.4 Å². The molecule has 0 bridgehead atoms. The number of hydrogen-bond acceptors (Lipinski definition) is 4. The number of methoxy groups -OCH3 is 1. The number of rotatable bonds is 5. The molecule has 2 aromatic rings. The lowest BCUT2D eigenvalue weighted by Gasteiger charge is -2.10. The minimum absolute atomic E-state index is 0.273. The Labute approximate surface area is 105 Å². The van der Waals surface area contributed by atoms with Crippen LogP contribution in [-0.2, 0) is 4.74 Å². The predicted molar refractivity (Wildman–Crippen MR) is 72.5 cm³/mol. The lowest BCUT2D eigenvalue weighted by Crippen LogP contribution is -2.20. The van der Waals surface area contributed by atoms with E-state index >= 15 is 0 Å². The minimum Gasteiger partial charge on any atom is -0.383 e. The van der Waals surface area contributed by atoms with Gasteiger partial charge in [0.2, 0.25) is 0 Å². The summed E-state index contributed by atoms with van der Waals surface area (Å²) in [6.07, 6.45) is 0. The van der Waals surface area contributed by atoms with Crippen molar-refractivity contribution in [3.63, 3.8) is 0 Å². The van der Waals surface area contributed by atoms with Gasteiger partial charge in [0.25, 0.3) is 0 Å². The second kappa shape index (κ2) is 5.80. The van der Waals surface area contributed by atoms with E-state index in [4.69, 9.17) is 4.74 Å². The van der Waals surface area contributed by atoms with Crippen molar-refractivity contribution in [1.29, 1.82) is 0 Å². The van der Waals surface area contributed by atoms with Crippen LogP contribution in [0.2, 0.25) is 0 Å². The zero-order valence-corrected chi connectivity index (χ0v) is 10.8. The van der Waals surface area contributed by atoms with Crippen LogP contribution < -0.4 is 5.32 Å². The molecule has 0 aliphatic rings. The first kappa shape index (κ1) is 12.1. The fourth-order valence-electron chi connectivity index (χ4n) is 1.58. The summed E-state index contributed by atoms with van der Waals surface area (Å²) in [7, 11) is 1.70. The van der Waals surface area contributed by atoms with Crippen molar-refractivity contribution in [3.8, 4) is 11.3 Å². The summed E-state index contributed by atoms with van der Waals surface area (Å²) in [5.74, 6) is 0. The fraction of sp³-hybridized carbons (Fsp3) is 0.308. The predicted octanol–water partition coefficient (Wildman–Crippen LogP) is 3.26. The van der Waals surface area contributed by atoms with Crippen LogP contribution in [0.25, 0.3) is 11.3 Å². The van der Waals surface area contributed by atoms with Crippen molar-refractivity contribution in [2.45, 2.75) is 13.0 Å². The van der Waals surface area contributed by atoms with E-state index in [-0.39, 0.29) is 6.04 Å². The smallest absolute Gasteiger partial charge is 0.183 e. The molecule has 0 saturated heterocycles. The highest BCUT2D eigenvalue weighted by Crippen LogP contribution is 2.24. The molecule has 1 heterocycles. The first-order chi connectivity index (χ1) is 8.29. The summed E-state index contributed by atoms with van der Waals surface area (Å²) in [5.41, 5.74) is 2.17. The second-order valence-corrected chi connectivity index (χ2v) is 4.76. The number of ether oxygens (including phenoxy) is 1. The van der Waals surface area contributed by atoms with Crippen molar-refractivity contribution in [3.05, 3.63) is 35.7 Å². The van der Waals surface area contributed by atoms with Crippen molar-refractivity contribution >= 4 is 16.5 Å². The van der Waals surface area contributed by atoms with Crippen molar-refractivity contribution in [1.82, 2.24) is 4.98 Å². The highest BCUT2D eigenvalue weighted by molar-refractivity contribution is 7.14. The Morgan fingerprint density at radius 2 is 2.12 bits per heavy atom. The van der Waals surface area contributed by atoms with Gasteiger partial charge in [-0.3, -0.25) is 0 Å². The molecule has 0 aliphatic heterocycles. The highest BCUT2D eigenvalue weighted by atomic mass is 32.1. The van der Waals surface area contributed by atoms with Crippen LogP contribution in [0.1, 0.15) is 6.92 Å². The van der Waals surface area contributed by atoms with E-state index in [1.807, 2.05) is 18.2 Å². The Morgan fingerprint density at radius 3 is 2.82 bits per heavy atom. The highest BCUT2D eigenvalue weighted by Gasteiger charge is 2.06. The van der Waals surface area contributed by atoms with Gasteiger partial charge < -0.3 is 10.1 Å². The summed E-state index contributed by atoms with van der Waals surface area (Å²) in [4.78, 5) is 4.55. The molecule has 0 aliphatic carbocycles. The Bertz CT molecular complexity index is 455. The maximum absolute atomic E-state index is 5.08. The molecular weight excluding hydrogens is 232 g/mol. The first-order valence-corrected chi connectivity index (χ1v) is 6.44. The number of hydrogen-bond donors (Lipinski definition) is 1. The summed E-state index contributed by atoms with van der Waals surface area (Å²) in [6, 6.07) is 10.5. The molecule has 0 unspecified atom stereocenters.